The van der Waals surface area contributed by atoms with Crippen LogP contribution in [0.3, 0.4) is 0 Å². The van der Waals surface area contributed by atoms with Crippen molar-refractivity contribution in [3.63, 3.8) is 0 Å². The Morgan fingerprint density at radius 1 is 1.25 bits per heavy atom. The minimum Gasteiger partial charge on any atom is -0.330 e. The van der Waals surface area contributed by atoms with Crippen LogP contribution in [0.1, 0.15) is 36.0 Å². The molecule has 2 atom stereocenters. The zero-order valence-corrected chi connectivity index (χ0v) is 13.3. The van der Waals surface area contributed by atoms with E-state index in [0.717, 1.165) is 36.1 Å². The summed E-state index contributed by atoms with van der Waals surface area (Å²) in [6.45, 7) is 6.78. The third-order valence-corrected chi connectivity index (χ3v) is 4.22. The molecule has 1 amide bonds. The van der Waals surface area contributed by atoms with Gasteiger partial charge in [0.15, 0.2) is 0 Å². The van der Waals surface area contributed by atoms with Gasteiger partial charge < -0.3 is 11.1 Å². The lowest BCUT2D eigenvalue weighted by Gasteiger charge is -2.19. The molecule has 1 aromatic carbocycles. The lowest BCUT2D eigenvalue weighted by molar-refractivity contribution is -0.120. The number of amides is 1. The molecular weight excluding hydrogens is 272 g/mol. The van der Waals surface area contributed by atoms with Crippen LogP contribution in [0.5, 0.6) is 0 Å². The van der Waals surface area contributed by atoms with E-state index in [1.807, 2.05) is 13.8 Å². The first-order valence-corrected chi connectivity index (χ1v) is 7.11. The maximum Gasteiger partial charge on any atom is 0.227 e. The van der Waals surface area contributed by atoms with Gasteiger partial charge in [-0.2, -0.15) is 0 Å². The molecular formula is C16H25ClN2O. The van der Waals surface area contributed by atoms with Crippen LogP contribution in [0.4, 0.5) is 5.69 Å². The summed E-state index contributed by atoms with van der Waals surface area (Å²) < 4.78 is 0. The van der Waals surface area contributed by atoms with Crippen LogP contribution in [0.25, 0.3) is 0 Å². The number of carbonyl (C=O) groups excluding carboxylic acids is 1. The normalized spacial score (nSPS) is 21.4. The van der Waals surface area contributed by atoms with Crippen molar-refractivity contribution < 1.29 is 4.79 Å². The Kier molecular flexibility index (Phi) is 6.03. The Balaban J connectivity index is 0.00000200. The van der Waals surface area contributed by atoms with Gasteiger partial charge in [0, 0.05) is 11.6 Å². The first-order chi connectivity index (χ1) is 9.02. The lowest BCUT2D eigenvalue weighted by atomic mass is 9.95. The van der Waals surface area contributed by atoms with Crippen molar-refractivity contribution in [3.8, 4) is 0 Å². The summed E-state index contributed by atoms with van der Waals surface area (Å²) in [4.78, 5) is 12.4. The van der Waals surface area contributed by atoms with Gasteiger partial charge in [0.2, 0.25) is 5.91 Å². The van der Waals surface area contributed by atoms with Gasteiger partial charge in [-0.1, -0.05) is 24.1 Å². The number of aryl methyl sites for hydroxylation is 3. The molecule has 3 N–H and O–H groups in total. The number of nitrogens with one attached hydrogen (secondary N) is 1. The summed E-state index contributed by atoms with van der Waals surface area (Å²) in [5.74, 6) is 0.583. The van der Waals surface area contributed by atoms with Gasteiger partial charge in [-0.3, -0.25) is 4.79 Å². The van der Waals surface area contributed by atoms with E-state index in [1.54, 1.807) is 0 Å². The van der Waals surface area contributed by atoms with Gasteiger partial charge >= 0.3 is 0 Å². The van der Waals surface area contributed by atoms with E-state index in [-0.39, 0.29) is 24.2 Å². The number of nitrogens with two attached hydrogens (primary N) is 1. The Hall–Kier alpha value is -1.06. The number of carbonyl (C=O) groups is 1. The summed E-state index contributed by atoms with van der Waals surface area (Å²) in [6, 6.07) is 4.22. The van der Waals surface area contributed by atoms with Crippen molar-refractivity contribution in [2.45, 2.75) is 40.0 Å². The summed E-state index contributed by atoms with van der Waals surface area (Å²) in [5.41, 5.74) is 10.2. The molecule has 20 heavy (non-hydrogen) atoms. The van der Waals surface area contributed by atoms with Crippen molar-refractivity contribution in [2.24, 2.45) is 17.6 Å². The maximum atomic E-state index is 12.4. The largest absolute Gasteiger partial charge is 0.330 e. The second-order valence-electron chi connectivity index (χ2n) is 5.80. The van der Waals surface area contributed by atoms with E-state index < -0.39 is 0 Å². The SMILES string of the molecule is Cc1cc(C)c(NC(=O)[C@@H]2CCC[C@@H]2CN)c(C)c1.Cl. The standard InChI is InChI=1S/C16H24N2O.ClH/c1-10-7-11(2)15(12(3)8-10)18-16(19)14-6-4-5-13(14)9-17;/h7-8,13-14H,4-6,9,17H2,1-3H3,(H,18,19);1H/t13-,14-;/m1./s1. The minimum atomic E-state index is 0. The van der Waals surface area contributed by atoms with Gasteiger partial charge in [0.25, 0.3) is 0 Å². The fourth-order valence-electron chi connectivity index (χ4n) is 3.26. The Morgan fingerprint density at radius 2 is 1.85 bits per heavy atom. The second kappa shape index (κ2) is 7.09. The van der Waals surface area contributed by atoms with Crippen molar-refractivity contribution >= 4 is 24.0 Å². The Labute approximate surface area is 127 Å². The third kappa shape index (κ3) is 3.53. The van der Waals surface area contributed by atoms with E-state index in [4.69, 9.17) is 5.73 Å². The van der Waals surface area contributed by atoms with E-state index in [1.165, 1.54) is 5.56 Å². The second-order valence-corrected chi connectivity index (χ2v) is 5.80. The zero-order valence-electron chi connectivity index (χ0n) is 12.5. The van der Waals surface area contributed by atoms with Crippen molar-refractivity contribution in [1.82, 2.24) is 0 Å². The van der Waals surface area contributed by atoms with Crippen molar-refractivity contribution in [3.05, 3.63) is 28.8 Å². The van der Waals surface area contributed by atoms with Crippen LogP contribution < -0.4 is 11.1 Å². The molecule has 0 bridgehead atoms. The Morgan fingerprint density at radius 3 is 2.40 bits per heavy atom. The minimum absolute atomic E-state index is 0. The molecule has 2 rings (SSSR count). The average molecular weight is 297 g/mol. The number of benzene rings is 1. The molecule has 0 radical (unpaired) electrons. The first-order valence-electron chi connectivity index (χ1n) is 7.11. The molecule has 0 saturated heterocycles. The molecule has 0 spiro atoms. The predicted molar refractivity (Wildman–Crippen MR) is 86.4 cm³/mol. The lowest BCUT2D eigenvalue weighted by Crippen LogP contribution is -2.30. The van der Waals surface area contributed by atoms with Crippen molar-refractivity contribution in [2.75, 3.05) is 11.9 Å². The highest BCUT2D eigenvalue weighted by molar-refractivity contribution is 5.94. The van der Waals surface area contributed by atoms with Gasteiger partial charge in [-0.25, -0.2) is 0 Å². The van der Waals surface area contributed by atoms with E-state index >= 15 is 0 Å². The van der Waals surface area contributed by atoms with E-state index in [2.05, 4.69) is 24.4 Å². The monoisotopic (exact) mass is 296 g/mol. The number of rotatable bonds is 3. The maximum absolute atomic E-state index is 12.4. The third-order valence-electron chi connectivity index (χ3n) is 4.22. The smallest absolute Gasteiger partial charge is 0.227 e. The van der Waals surface area contributed by atoms with Crippen LogP contribution >= 0.6 is 12.4 Å². The zero-order chi connectivity index (χ0) is 14.0. The highest BCUT2D eigenvalue weighted by atomic mass is 35.5. The van der Waals surface area contributed by atoms with Gasteiger partial charge in [0.05, 0.1) is 0 Å². The van der Waals surface area contributed by atoms with Crippen LogP contribution in [-0.2, 0) is 4.79 Å². The van der Waals surface area contributed by atoms with Crippen LogP contribution in [-0.4, -0.2) is 12.5 Å². The summed E-state index contributed by atoms with van der Waals surface area (Å²) >= 11 is 0. The first kappa shape index (κ1) is 17.0. The highest BCUT2D eigenvalue weighted by Gasteiger charge is 2.32. The van der Waals surface area contributed by atoms with Gasteiger partial charge in [0.1, 0.15) is 0 Å². The summed E-state index contributed by atoms with van der Waals surface area (Å²) in [7, 11) is 0. The molecule has 0 unspecified atom stereocenters. The molecule has 0 aromatic heterocycles. The summed E-state index contributed by atoms with van der Waals surface area (Å²) in [6.07, 6.45) is 3.17. The quantitative estimate of drug-likeness (QED) is 0.899. The van der Waals surface area contributed by atoms with Gasteiger partial charge in [-0.15, -0.1) is 12.4 Å². The predicted octanol–water partition coefficient (Wildman–Crippen LogP) is 3.35. The number of hydrogen-bond acceptors (Lipinski definition) is 2. The number of halogens is 1. The molecule has 3 nitrogen and oxygen atoms in total. The molecule has 1 aliphatic carbocycles. The van der Waals surface area contributed by atoms with Crippen molar-refractivity contribution in [1.29, 1.82) is 0 Å². The molecule has 1 aliphatic rings. The highest BCUT2D eigenvalue weighted by Crippen LogP contribution is 2.32. The van der Waals surface area contributed by atoms with Gasteiger partial charge in [-0.05, 0) is 57.2 Å². The van der Waals surface area contributed by atoms with E-state index in [0.29, 0.717) is 12.5 Å². The fraction of sp³-hybridized carbons (Fsp3) is 0.562. The van der Waals surface area contributed by atoms with Crippen LogP contribution in [0, 0.1) is 32.6 Å². The molecule has 0 heterocycles. The van der Waals surface area contributed by atoms with Crippen LogP contribution in [0.2, 0.25) is 0 Å². The Bertz CT molecular complexity index is 464. The topological polar surface area (TPSA) is 55.1 Å². The average Bonchev–Trinajstić information content (AvgIpc) is 2.81. The molecule has 0 aliphatic heterocycles. The molecule has 1 fully saturated rings. The summed E-state index contributed by atoms with van der Waals surface area (Å²) in [5, 5.41) is 3.12. The molecule has 112 valence electrons. The van der Waals surface area contributed by atoms with Crippen LogP contribution in [0.15, 0.2) is 12.1 Å². The molecule has 1 saturated carbocycles. The number of hydrogen-bond donors (Lipinski definition) is 2. The fourth-order valence-corrected chi connectivity index (χ4v) is 3.26. The molecule has 4 heteroatoms. The number of anilines is 1. The van der Waals surface area contributed by atoms with E-state index in [9.17, 15) is 4.79 Å². The molecule has 1 aromatic rings.